The molecular weight excluding hydrogens is 345 g/mol. The fourth-order valence-corrected chi connectivity index (χ4v) is 2.46. The van der Waals surface area contributed by atoms with Crippen molar-refractivity contribution in [2.75, 3.05) is 5.32 Å². The summed E-state index contributed by atoms with van der Waals surface area (Å²) in [6.45, 7) is 0.174. The molecule has 8 heteroatoms. The Morgan fingerprint density at radius 3 is 2.88 bits per heavy atom. The summed E-state index contributed by atoms with van der Waals surface area (Å²) in [5.41, 5.74) is 1.68. The van der Waals surface area contributed by atoms with Gasteiger partial charge in [-0.25, -0.2) is 4.39 Å². The van der Waals surface area contributed by atoms with Crippen LogP contribution in [-0.2, 0) is 18.4 Å². The van der Waals surface area contributed by atoms with E-state index in [-0.39, 0.29) is 12.5 Å². The van der Waals surface area contributed by atoms with Gasteiger partial charge >= 0.3 is 0 Å². The topological polar surface area (TPSA) is 64.7 Å². The van der Waals surface area contributed by atoms with Crippen LogP contribution in [0.2, 0.25) is 5.02 Å². The molecular formula is C17H15ClFN5O. The molecule has 0 unspecified atom stereocenters. The second-order valence-electron chi connectivity index (χ2n) is 5.40. The van der Waals surface area contributed by atoms with Gasteiger partial charge in [0.05, 0.1) is 24.6 Å². The smallest absolute Gasteiger partial charge is 0.248 e. The van der Waals surface area contributed by atoms with E-state index in [2.05, 4.69) is 15.5 Å². The second-order valence-corrected chi connectivity index (χ2v) is 5.80. The van der Waals surface area contributed by atoms with E-state index >= 15 is 0 Å². The number of carbonyl (C=O) groups is 1. The minimum atomic E-state index is -0.395. The van der Waals surface area contributed by atoms with E-state index in [1.54, 1.807) is 48.5 Å². The first kappa shape index (κ1) is 16.9. The maximum Gasteiger partial charge on any atom is 0.248 e. The molecule has 128 valence electrons. The molecule has 6 nitrogen and oxygen atoms in total. The van der Waals surface area contributed by atoms with E-state index < -0.39 is 5.82 Å². The Kier molecular flexibility index (Phi) is 4.95. The van der Waals surface area contributed by atoms with Crippen molar-refractivity contribution in [1.29, 1.82) is 0 Å². The Hall–Kier alpha value is -2.93. The van der Waals surface area contributed by atoms with Crippen molar-refractivity contribution in [3.05, 3.63) is 71.0 Å². The summed E-state index contributed by atoms with van der Waals surface area (Å²) in [6.07, 6.45) is 9.61. The summed E-state index contributed by atoms with van der Waals surface area (Å²) in [5.74, 6) is -0.694. The number of benzene rings is 1. The maximum atomic E-state index is 13.8. The van der Waals surface area contributed by atoms with Gasteiger partial charge in [-0.05, 0) is 18.2 Å². The van der Waals surface area contributed by atoms with Crippen LogP contribution in [0.1, 0.15) is 11.1 Å². The fraction of sp³-hybridized carbons (Fsp3) is 0.118. The van der Waals surface area contributed by atoms with Gasteiger partial charge in [0.2, 0.25) is 5.91 Å². The molecule has 0 fully saturated rings. The van der Waals surface area contributed by atoms with Crippen molar-refractivity contribution in [2.45, 2.75) is 6.54 Å². The maximum absolute atomic E-state index is 13.8. The number of nitrogens with one attached hydrogen (secondary N) is 1. The first-order valence-electron chi connectivity index (χ1n) is 7.44. The predicted molar refractivity (Wildman–Crippen MR) is 93.6 cm³/mol. The molecule has 0 bridgehead atoms. The lowest BCUT2D eigenvalue weighted by atomic mass is 10.2. The zero-order valence-corrected chi connectivity index (χ0v) is 14.1. The Labute approximate surface area is 148 Å². The quantitative estimate of drug-likeness (QED) is 0.712. The highest BCUT2D eigenvalue weighted by atomic mass is 35.5. The third-order valence-electron chi connectivity index (χ3n) is 3.43. The van der Waals surface area contributed by atoms with Crippen molar-refractivity contribution < 1.29 is 9.18 Å². The number of halogens is 2. The summed E-state index contributed by atoms with van der Waals surface area (Å²) in [5, 5.41) is 11.1. The number of hydrogen-bond donors (Lipinski definition) is 1. The third kappa shape index (κ3) is 4.33. The van der Waals surface area contributed by atoms with Crippen LogP contribution in [0, 0.1) is 5.82 Å². The van der Waals surface area contributed by atoms with Crippen LogP contribution in [0.4, 0.5) is 10.1 Å². The highest BCUT2D eigenvalue weighted by Gasteiger charge is 2.09. The number of aromatic nitrogens is 4. The number of rotatable bonds is 5. The molecule has 3 aromatic rings. The van der Waals surface area contributed by atoms with Crippen molar-refractivity contribution in [3.63, 3.8) is 0 Å². The van der Waals surface area contributed by atoms with E-state index in [0.29, 0.717) is 16.3 Å². The van der Waals surface area contributed by atoms with Gasteiger partial charge in [0.1, 0.15) is 5.82 Å². The van der Waals surface area contributed by atoms with E-state index in [4.69, 9.17) is 11.6 Å². The van der Waals surface area contributed by atoms with Crippen LogP contribution < -0.4 is 5.32 Å². The van der Waals surface area contributed by atoms with Crippen molar-refractivity contribution in [3.8, 4) is 0 Å². The molecule has 0 aliphatic carbocycles. The highest BCUT2D eigenvalue weighted by molar-refractivity contribution is 6.31. The van der Waals surface area contributed by atoms with Crippen LogP contribution in [0.15, 0.2) is 49.1 Å². The normalized spacial score (nSPS) is 11.2. The molecule has 2 heterocycles. The molecule has 0 saturated heterocycles. The molecule has 0 aliphatic rings. The van der Waals surface area contributed by atoms with Crippen LogP contribution in [0.3, 0.4) is 0 Å². The van der Waals surface area contributed by atoms with E-state index in [9.17, 15) is 9.18 Å². The first-order chi connectivity index (χ1) is 12.0. The largest absolute Gasteiger partial charge is 0.320 e. The lowest BCUT2D eigenvalue weighted by Gasteiger charge is -2.05. The lowest BCUT2D eigenvalue weighted by molar-refractivity contribution is -0.111. The minimum Gasteiger partial charge on any atom is -0.320 e. The molecule has 0 spiro atoms. The predicted octanol–water partition coefficient (Wildman–Crippen LogP) is 3.11. The van der Waals surface area contributed by atoms with Gasteiger partial charge in [0.25, 0.3) is 0 Å². The molecule has 0 radical (unpaired) electrons. The summed E-state index contributed by atoms with van der Waals surface area (Å²) < 4.78 is 17.0. The van der Waals surface area contributed by atoms with Crippen LogP contribution in [0.5, 0.6) is 0 Å². The molecule has 1 amide bonds. The SMILES string of the molecule is Cn1cc(/C=C/C(=O)Nc2cnn(Cc3c(F)cccc3Cl)c2)cn1. The van der Waals surface area contributed by atoms with Crippen molar-refractivity contribution >= 4 is 29.3 Å². The Balaban J connectivity index is 1.63. The van der Waals surface area contributed by atoms with Crippen molar-refractivity contribution in [1.82, 2.24) is 19.6 Å². The van der Waals surface area contributed by atoms with Crippen LogP contribution >= 0.6 is 11.6 Å². The molecule has 1 N–H and O–H groups in total. The average molecular weight is 360 g/mol. The summed E-state index contributed by atoms with van der Waals surface area (Å²) in [4.78, 5) is 11.9. The highest BCUT2D eigenvalue weighted by Crippen LogP contribution is 2.20. The first-order valence-corrected chi connectivity index (χ1v) is 7.82. The van der Waals surface area contributed by atoms with Gasteiger partial charge in [0, 0.05) is 41.7 Å². The number of hydrogen-bond acceptors (Lipinski definition) is 3. The Morgan fingerprint density at radius 2 is 2.16 bits per heavy atom. The van der Waals surface area contributed by atoms with Gasteiger partial charge in [0.15, 0.2) is 0 Å². The van der Waals surface area contributed by atoms with Gasteiger partial charge < -0.3 is 5.32 Å². The Morgan fingerprint density at radius 1 is 1.32 bits per heavy atom. The fourth-order valence-electron chi connectivity index (χ4n) is 2.24. The lowest BCUT2D eigenvalue weighted by Crippen LogP contribution is -2.07. The number of anilines is 1. The third-order valence-corrected chi connectivity index (χ3v) is 3.79. The number of nitrogens with zero attached hydrogens (tertiary/aromatic N) is 4. The van der Waals surface area contributed by atoms with Gasteiger partial charge in [-0.1, -0.05) is 17.7 Å². The second kappa shape index (κ2) is 7.31. The zero-order chi connectivity index (χ0) is 17.8. The molecule has 0 saturated carbocycles. The van der Waals surface area contributed by atoms with E-state index in [1.807, 2.05) is 0 Å². The minimum absolute atomic E-state index is 0.174. The monoisotopic (exact) mass is 359 g/mol. The molecule has 3 rings (SSSR count). The van der Waals surface area contributed by atoms with Crippen molar-refractivity contribution in [2.24, 2.45) is 7.05 Å². The summed E-state index contributed by atoms with van der Waals surface area (Å²) in [7, 11) is 1.80. The van der Waals surface area contributed by atoms with Gasteiger partial charge in [-0.3, -0.25) is 14.2 Å². The summed E-state index contributed by atoms with van der Waals surface area (Å²) >= 11 is 6.00. The Bertz CT molecular complexity index is 911. The molecule has 0 atom stereocenters. The summed E-state index contributed by atoms with van der Waals surface area (Å²) in [6, 6.07) is 4.51. The molecule has 0 aliphatic heterocycles. The zero-order valence-electron chi connectivity index (χ0n) is 13.4. The molecule has 2 aromatic heterocycles. The van der Waals surface area contributed by atoms with Crippen LogP contribution in [-0.4, -0.2) is 25.5 Å². The van der Waals surface area contributed by atoms with E-state index in [1.165, 1.54) is 23.0 Å². The number of amides is 1. The molecule has 25 heavy (non-hydrogen) atoms. The number of carbonyl (C=O) groups excluding carboxylic acids is 1. The number of aryl methyl sites for hydroxylation is 1. The van der Waals surface area contributed by atoms with Gasteiger partial charge in [-0.15, -0.1) is 0 Å². The average Bonchev–Trinajstić information content (AvgIpc) is 3.18. The van der Waals surface area contributed by atoms with E-state index in [0.717, 1.165) is 5.56 Å². The standard InChI is InChI=1S/C17H15ClFN5O/c1-23-9-12(7-20-23)5-6-17(25)22-13-8-21-24(10-13)11-14-15(18)3-2-4-16(14)19/h2-10H,11H2,1H3,(H,22,25)/b6-5+. The molecule has 1 aromatic carbocycles. The van der Waals surface area contributed by atoms with Crippen LogP contribution in [0.25, 0.3) is 6.08 Å². The van der Waals surface area contributed by atoms with Gasteiger partial charge in [-0.2, -0.15) is 10.2 Å².